The SMILES string of the molecule is CC(=O)[C@@H](N)Cc1cnc(NC(=O)OC(C)(C)C)s1. The van der Waals surface area contributed by atoms with E-state index in [4.69, 9.17) is 10.5 Å². The van der Waals surface area contributed by atoms with E-state index in [0.29, 0.717) is 11.6 Å². The van der Waals surface area contributed by atoms with Crippen LogP contribution in [0.5, 0.6) is 0 Å². The number of carbonyl (C=O) groups excluding carboxylic acids is 2. The maximum atomic E-state index is 11.5. The van der Waals surface area contributed by atoms with Gasteiger partial charge in [0.1, 0.15) is 11.4 Å². The Balaban J connectivity index is 2.56. The number of amides is 1. The van der Waals surface area contributed by atoms with E-state index in [1.807, 2.05) is 0 Å². The lowest BCUT2D eigenvalue weighted by molar-refractivity contribution is -0.118. The first-order chi connectivity index (χ1) is 8.67. The minimum absolute atomic E-state index is 0.0740. The smallest absolute Gasteiger partial charge is 0.413 e. The Morgan fingerprint density at radius 2 is 2.16 bits per heavy atom. The minimum atomic E-state index is -0.554. The predicted octanol–water partition coefficient (Wildman–Crippen LogP) is 1.95. The number of nitrogens with zero attached hydrogens (tertiary/aromatic N) is 1. The van der Waals surface area contributed by atoms with Gasteiger partial charge in [-0.3, -0.25) is 10.1 Å². The maximum absolute atomic E-state index is 11.5. The molecule has 0 spiro atoms. The van der Waals surface area contributed by atoms with E-state index in [1.54, 1.807) is 27.0 Å². The highest BCUT2D eigenvalue weighted by Crippen LogP contribution is 2.20. The Morgan fingerprint density at radius 1 is 1.53 bits per heavy atom. The summed E-state index contributed by atoms with van der Waals surface area (Å²) in [6, 6.07) is -0.533. The molecule has 1 aromatic heterocycles. The van der Waals surface area contributed by atoms with Crippen LogP contribution >= 0.6 is 11.3 Å². The second-order valence-electron chi connectivity index (χ2n) is 5.18. The van der Waals surface area contributed by atoms with Crippen molar-refractivity contribution in [1.29, 1.82) is 0 Å². The molecule has 0 bridgehead atoms. The summed E-state index contributed by atoms with van der Waals surface area (Å²) in [7, 11) is 0. The van der Waals surface area contributed by atoms with E-state index in [9.17, 15) is 9.59 Å². The van der Waals surface area contributed by atoms with Gasteiger partial charge >= 0.3 is 6.09 Å². The van der Waals surface area contributed by atoms with Crippen LogP contribution in [0.15, 0.2) is 6.20 Å². The van der Waals surface area contributed by atoms with Gasteiger partial charge in [-0.2, -0.15) is 0 Å². The van der Waals surface area contributed by atoms with Gasteiger partial charge in [-0.05, 0) is 27.7 Å². The summed E-state index contributed by atoms with van der Waals surface area (Å²) < 4.78 is 5.11. The first-order valence-electron chi connectivity index (χ1n) is 5.88. The quantitative estimate of drug-likeness (QED) is 0.881. The summed E-state index contributed by atoms with van der Waals surface area (Å²) in [5.41, 5.74) is 5.11. The third-order valence-electron chi connectivity index (χ3n) is 2.10. The number of carbonyl (C=O) groups is 2. The fourth-order valence-electron chi connectivity index (χ4n) is 1.21. The number of thiazole rings is 1. The first-order valence-corrected chi connectivity index (χ1v) is 6.70. The van der Waals surface area contributed by atoms with Crippen molar-refractivity contribution in [3.63, 3.8) is 0 Å². The molecule has 0 fully saturated rings. The molecule has 1 aromatic rings. The standard InChI is InChI=1S/C12H19N3O3S/c1-7(16)9(13)5-8-6-14-10(19-8)15-11(17)18-12(2,3)4/h6,9H,5,13H2,1-4H3,(H,14,15,17)/t9-/m0/s1. The number of ketones is 1. The monoisotopic (exact) mass is 285 g/mol. The number of Topliss-reactive ketones (excluding diaryl/α,β-unsaturated/α-hetero) is 1. The van der Waals surface area contributed by atoms with Crippen molar-refractivity contribution in [2.45, 2.75) is 45.8 Å². The molecule has 0 unspecified atom stereocenters. The molecule has 106 valence electrons. The van der Waals surface area contributed by atoms with E-state index < -0.39 is 17.7 Å². The number of nitrogens with two attached hydrogens (primary N) is 1. The van der Waals surface area contributed by atoms with Crippen LogP contribution < -0.4 is 11.1 Å². The molecule has 0 saturated heterocycles. The Bertz CT molecular complexity index is 465. The highest BCUT2D eigenvalue weighted by molar-refractivity contribution is 7.15. The zero-order valence-electron chi connectivity index (χ0n) is 11.5. The Hall–Kier alpha value is -1.47. The van der Waals surface area contributed by atoms with Gasteiger partial charge in [0.05, 0.1) is 6.04 Å². The molecule has 0 aliphatic rings. The van der Waals surface area contributed by atoms with Crippen LogP contribution in [0.2, 0.25) is 0 Å². The third kappa shape index (κ3) is 5.80. The molecule has 19 heavy (non-hydrogen) atoms. The molecule has 1 heterocycles. The molecule has 7 heteroatoms. The second kappa shape index (κ2) is 6.12. The van der Waals surface area contributed by atoms with E-state index in [-0.39, 0.29) is 5.78 Å². The van der Waals surface area contributed by atoms with E-state index in [2.05, 4.69) is 10.3 Å². The largest absolute Gasteiger partial charge is 0.444 e. The molecular weight excluding hydrogens is 266 g/mol. The number of hydrogen-bond donors (Lipinski definition) is 2. The molecule has 1 rings (SSSR count). The van der Waals surface area contributed by atoms with Crippen LogP contribution in [0, 0.1) is 0 Å². The molecule has 0 aromatic carbocycles. The summed E-state index contributed by atoms with van der Waals surface area (Å²) in [5.74, 6) is -0.0740. The highest BCUT2D eigenvalue weighted by atomic mass is 32.1. The van der Waals surface area contributed by atoms with Crippen LogP contribution in [0.3, 0.4) is 0 Å². The molecule has 0 aliphatic carbocycles. The molecule has 0 saturated carbocycles. The van der Waals surface area contributed by atoms with Crippen LogP contribution in [0.25, 0.3) is 0 Å². The van der Waals surface area contributed by atoms with Gasteiger partial charge in [0.25, 0.3) is 0 Å². The van der Waals surface area contributed by atoms with Gasteiger partial charge in [0, 0.05) is 17.5 Å². The van der Waals surface area contributed by atoms with Crippen molar-refractivity contribution in [1.82, 2.24) is 4.98 Å². The summed E-state index contributed by atoms with van der Waals surface area (Å²) in [6.45, 7) is 6.80. The van der Waals surface area contributed by atoms with E-state index in [0.717, 1.165) is 4.88 Å². The van der Waals surface area contributed by atoms with Crippen LogP contribution in [0.4, 0.5) is 9.93 Å². The topological polar surface area (TPSA) is 94.3 Å². The fourth-order valence-corrected chi connectivity index (χ4v) is 2.07. The van der Waals surface area contributed by atoms with Gasteiger partial charge in [-0.1, -0.05) is 0 Å². The zero-order chi connectivity index (χ0) is 14.6. The maximum Gasteiger partial charge on any atom is 0.413 e. The molecule has 0 radical (unpaired) electrons. The Morgan fingerprint density at radius 3 is 2.68 bits per heavy atom. The van der Waals surface area contributed by atoms with Gasteiger partial charge in [-0.25, -0.2) is 9.78 Å². The molecule has 0 aliphatic heterocycles. The first kappa shape index (κ1) is 15.6. The van der Waals surface area contributed by atoms with E-state index in [1.165, 1.54) is 18.3 Å². The van der Waals surface area contributed by atoms with Crippen molar-refractivity contribution in [2.75, 3.05) is 5.32 Å². The molecule has 1 atom stereocenters. The summed E-state index contributed by atoms with van der Waals surface area (Å²) in [6.07, 6.45) is 1.47. The van der Waals surface area contributed by atoms with Gasteiger partial charge in [0.2, 0.25) is 0 Å². The fraction of sp³-hybridized carbons (Fsp3) is 0.583. The normalized spacial score (nSPS) is 12.9. The molecule has 6 nitrogen and oxygen atoms in total. The van der Waals surface area contributed by atoms with Gasteiger partial charge < -0.3 is 10.5 Å². The van der Waals surface area contributed by atoms with Crippen molar-refractivity contribution in [3.8, 4) is 0 Å². The number of anilines is 1. The number of nitrogens with one attached hydrogen (secondary N) is 1. The van der Waals surface area contributed by atoms with Gasteiger partial charge in [-0.15, -0.1) is 11.3 Å². The summed E-state index contributed by atoms with van der Waals surface area (Å²) in [5, 5.41) is 2.97. The van der Waals surface area contributed by atoms with Crippen molar-refractivity contribution < 1.29 is 14.3 Å². The summed E-state index contributed by atoms with van der Waals surface area (Å²) in [4.78, 5) is 27.5. The number of ether oxygens (including phenoxy) is 1. The highest BCUT2D eigenvalue weighted by Gasteiger charge is 2.18. The van der Waals surface area contributed by atoms with Crippen molar-refractivity contribution >= 4 is 28.3 Å². The second-order valence-corrected chi connectivity index (χ2v) is 6.30. The Labute approximate surface area is 116 Å². The average molecular weight is 285 g/mol. The van der Waals surface area contributed by atoms with Crippen LogP contribution in [-0.2, 0) is 16.0 Å². The molecular formula is C12H19N3O3S. The predicted molar refractivity (Wildman–Crippen MR) is 74.3 cm³/mol. The van der Waals surface area contributed by atoms with Crippen molar-refractivity contribution in [2.24, 2.45) is 5.73 Å². The molecule has 3 N–H and O–H groups in total. The average Bonchev–Trinajstić information content (AvgIpc) is 2.61. The van der Waals surface area contributed by atoms with Crippen LogP contribution in [0.1, 0.15) is 32.6 Å². The number of rotatable bonds is 4. The minimum Gasteiger partial charge on any atom is -0.444 e. The van der Waals surface area contributed by atoms with E-state index >= 15 is 0 Å². The summed E-state index contributed by atoms with van der Waals surface area (Å²) >= 11 is 1.28. The lowest BCUT2D eigenvalue weighted by Gasteiger charge is -2.18. The Kier molecular flexibility index (Phi) is 5.02. The lowest BCUT2D eigenvalue weighted by atomic mass is 10.1. The third-order valence-corrected chi connectivity index (χ3v) is 3.04. The number of hydrogen-bond acceptors (Lipinski definition) is 6. The molecule has 1 amide bonds. The number of aromatic nitrogens is 1. The van der Waals surface area contributed by atoms with Crippen molar-refractivity contribution in [3.05, 3.63) is 11.1 Å². The lowest BCUT2D eigenvalue weighted by Crippen LogP contribution is -2.30. The van der Waals surface area contributed by atoms with Crippen LogP contribution in [-0.4, -0.2) is 28.5 Å². The zero-order valence-corrected chi connectivity index (χ0v) is 12.3. The van der Waals surface area contributed by atoms with Gasteiger partial charge in [0.15, 0.2) is 5.13 Å².